The Kier molecular flexibility index (Phi) is 9.82. The largest absolute Gasteiger partial charge is 0.450 e. The highest BCUT2D eigenvalue weighted by Gasteiger charge is 2.16. The van der Waals surface area contributed by atoms with E-state index < -0.39 is 6.09 Å². The molecule has 0 fully saturated rings. The third-order valence-corrected chi connectivity index (χ3v) is 3.57. The molecule has 0 saturated carbocycles. The lowest BCUT2D eigenvalue weighted by Crippen LogP contribution is -2.45. The van der Waals surface area contributed by atoms with Crippen LogP contribution in [0.1, 0.15) is 44.0 Å². The standard InChI is InChI=1S/C19H29N3O4/c1-4-26-19(25)22-16(12-14(2)3)13-21-17(23)10-11-20-18(24)15-8-6-5-7-9-15/h5-9,14,16H,4,10-13H2,1-3H3,(H,20,24)(H,21,23)(H,22,25). The van der Waals surface area contributed by atoms with Crippen LogP contribution in [0.25, 0.3) is 0 Å². The van der Waals surface area contributed by atoms with Crippen molar-refractivity contribution in [3.8, 4) is 0 Å². The fourth-order valence-electron chi connectivity index (χ4n) is 2.41. The summed E-state index contributed by atoms with van der Waals surface area (Å²) in [4.78, 5) is 35.4. The first-order valence-corrected chi connectivity index (χ1v) is 8.95. The monoisotopic (exact) mass is 363 g/mol. The zero-order valence-electron chi connectivity index (χ0n) is 15.7. The van der Waals surface area contributed by atoms with Crippen LogP contribution in [0, 0.1) is 5.92 Å². The summed E-state index contributed by atoms with van der Waals surface area (Å²) in [5, 5.41) is 8.25. The third-order valence-electron chi connectivity index (χ3n) is 3.57. The molecule has 0 bridgehead atoms. The van der Waals surface area contributed by atoms with Crippen LogP contribution in [0.5, 0.6) is 0 Å². The van der Waals surface area contributed by atoms with Crippen molar-refractivity contribution in [3.05, 3.63) is 35.9 Å². The Hall–Kier alpha value is -2.57. The van der Waals surface area contributed by atoms with Crippen LogP contribution in [-0.2, 0) is 9.53 Å². The number of hydrogen-bond donors (Lipinski definition) is 3. The molecule has 0 aliphatic heterocycles. The summed E-state index contributed by atoms with van der Waals surface area (Å²) < 4.78 is 4.88. The minimum atomic E-state index is -0.484. The molecule has 1 aromatic rings. The topological polar surface area (TPSA) is 96.5 Å². The second-order valence-corrected chi connectivity index (χ2v) is 6.37. The molecule has 0 radical (unpaired) electrons. The van der Waals surface area contributed by atoms with Crippen molar-refractivity contribution in [3.63, 3.8) is 0 Å². The average Bonchev–Trinajstić information content (AvgIpc) is 2.60. The van der Waals surface area contributed by atoms with Crippen LogP contribution >= 0.6 is 0 Å². The molecule has 7 nitrogen and oxygen atoms in total. The van der Waals surface area contributed by atoms with Gasteiger partial charge in [0.15, 0.2) is 0 Å². The van der Waals surface area contributed by atoms with Gasteiger partial charge in [0.05, 0.1) is 6.61 Å². The van der Waals surface area contributed by atoms with E-state index >= 15 is 0 Å². The fraction of sp³-hybridized carbons (Fsp3) is 0.526. The highest BCUT2D eigenvalue weighted by atomic mass is 16.5. The summed E-state index contributed by atoms with van der Waals surface area (Å²) in [5.74, 6) is -0.0261. The maximum atomic E-state index is 12.0. The number of hydrogen-bond acceptors (Lipinski definition) is 4. The van der Waals surface area contributed by atoms with Gasteiger partial charge in [-0.1, -0.05) is 32.0 Å². The van der Waals surface area contributed by atoms with Gasteiger partial charge in [0.2, 0.25) is 5.91 Å². The average molecular weight is 363 g/mol. The minimum Gasteiger partial charge on any atom is -0.450 e. The molecule has 0 spiro atoms. The molecule has 1 unspecified atom stereocenters. The highest BCUT2D eigenvalue weighted by molar-refractivity contribution is 5.94. The molecule has 0 saturated heterocycles. The summed E-state index contributed by atoms with van der Waals surface area (Å²) in [6.45, 7) is 6.69. The van der Waals surface area contributed by atoms with Gasteiger partial charge in [0.1, 0.15) is 0 Å². The molecular weight excluding hydrogens is 334 g/mol. The Bertz CT molecular complexity index is 575. The lowest BCUT2D eigenvalue weighted by Gasteiger charge is -2.20. The van der Waals surface area contributed by atoms with Crippen molar-refractivity contribution in [1.29, 1.82) is 0 Å². The normalized spacial score (nSPS) is 11.5. The maximum absolute atomic E-state index is 12.0. The van der Waals surface area contributed by atoms with Gasteiger partial charge in [-0.3, -0.25) is 9.59 Å². The van der Waals surface area contributed by atoms with Gasteiger partial charge in [-0.25, -0.2) is 4.79 Å². The second-order valence-electron chi connectivity index (χ2n) is 6.37. The first-order valence-electron chi connectivity index (χ1n) is 8.95. The summed E-state index contributed by atoms with van der Waals surface area (Å²) in [6.07, 6.45) is 0.415. The van der Waals surface area contributed by atoms with Gasteiger partial charge in [0.25, 0.3) is 5.91 Å². The quantitative estimate of drug-likeness (QED) is 0.593. The molecule has 1 aromatic carbocycles. The Labute approximate surface area is 154 Å². The summed E-state index contributed by atoms with van der Waals surface area (Å²) in [7, 11) is 0. The molecule has 144 valence electrons. The summed E-state index contributed by atoms with van der Waals surface area (Å²) in [6, 6.07) is 8.64. The van der Waals surface area contributed by atoms with Crippen molar-refractivity contribution in [2.24, 2.45) is 5.92 Å². The number of rotatable bonds is 10. The number of benzene rings is 1. The molecule has 0 heterocycles. The number of nitrogens with one attached hydrogen (secondary N) is 3. The van der Waals surface area contributed by atoms with E-state index in [1.165, 1.54) is 0 Å². The van der Waals surface area contributed by atoms with Crippen LogP contribution in [0.4, 0.5) is 4.79 Å². The Morgan fingerprint density at radius 3 is 2.38 bits per heavy atom. The Morgan fingerprint density at radius 2 is 1.77 bits per heavy atom. The van der Waals surface area contributed by atoms with Gasteiger partial charge in [-0.05, 0) is 31.4 Å². The summed E-state index contributed by atoms with van der Waals surface area (Å²) in [5.41, 5.74) is 0.559. The van der Waals surface area contributed by atoms with Crippen molar-refractivity contribution in [2.75, 3.05) is 19.7 Å². The Balaban J connectivity index is 2.33. The van der Waals surface area contributed by atoms with E-state index in [-0.39, 0.29) is 30.8 Å². The lowest BCUT2D eigenvalue weighted by atomic mass is 10.0. The maximum Gasteiger partial charge on any atom is 0.407 e. The first-order chi connectivity index (χ1) is 12.4. The van der Waals surface area contributed by atoms with Crippen molar-refractivity contribution in [1.82, 2.24) is 16.0 Å². The molecule has 0 aliphatic carbocycles. The third kappa shape index (κ3) is 9.05. The molecule has 3 amide bonds. The van der Waals surface area contributed by atoms with Crippen LogP contribution in [0.3, 0.4) is 0 Å². The van der Waals surface area contributed by atoms with E-state index in [4.69, 9.17) is 4.74 Å². The highest BCUT2D eigenvalue weighted by Crippen LogP contribution is 2.04. The van der Waals surface area contributed by atoms with Crippen LogP contribution in [0.2, 0.25) is 0 Å². The molecule has 26 heavy (non-hydrogen) atoms. The van der Waals surface area contributed by atoms with Crippen LogP contribution in [0.15, 0.2) is 30.3 Å². The minimum absolute atomic E-state index is 0.173. The molecule has 1 rings (SSSR count). The number of carbonyl (C=O) groups is 3. The smallest absolute Gasteiger partial charge is 0.407 e. The van der Waals surface area contributed by atoms with E-state index in [1.54, 1.807) is 31.2 Å². The fourth-order valence-corrected chi connectivity index (χ4v) is 2.41. The van der Waals surface area contributed by atoms with Gasteiger partial charge < -0.3 is 20.7 Å². The van der Waals surface area contributed by atoms with Gasteiger partial charge >= 0.3 is 6.09 Å². The molecule has 7 heteroatoms. The second kappa shape index (κ2) is 11.9. The first kappa shape index (κ1) is 21.5. The summed E-state index contributed by atoms with van der Waals surface area (Å²) >= 11 is 0. The van der Waals surface area contributed by atoms with Crippen molar-refractivity contribution in [2.45, 2.75) is 39.7 Å². The van der Waals surface area contributed by atoms with Gasteiger partial charge in [-0.15, -0.1) is 0 Å². The number of carbonyl (C=O) groups excluding carboxylic acids is 3. The molecule has 0 aromatic heterocycles. The number of amides is 3. The SMILES string of the molecule is CCOC(=O)NC(CNC(=O)CCNC(=O)c1ccccc1)CC(C)C. The lowest BCUT2D eigenvalue weighted by molar-refractivity contribution is -0.121. The van der Waals surface area contributed by atoms with E-state index in [0.717, 1.165) is 6.42 Å². The Morgan fingerprint density at radius 1 is 1.08 bits per heavy atom. The van der Waals surface area contributed by atoms with Gasteiger partial charge in [0, 0.05) is 31.1 Å². The molecule has 1 atom stereocenters. The molecule has 0 aliphatic rings. The molecule has 3 N–H and O–H groups in total. The van der Waals surface area contributed by atoms with Crippen molar-refractivity contribution < 1.29 is 19.1 Å². The molecular formula is C19H29N3O4. The van der Waals surface area contributed by atoms with Crippen molar-refractivity contribution >= 4 is 17.9 Å². The zero-order chi connectivity index (χ0) is 19.4. The van der Waals surface area contributed by atoms with E-state index in [1.807, 2.05) is 19.9 Å². The van der Waals surface area contributed by atoms with E-state index in [9.17, 15) is 14.4 Å². The predicted molar refractivity (Wildman–Crippen MR) is 99.8 cm³/mol. The van der Waals surface area contributed by atoms with Crippen LogP contribution < -0.4 is 16.0 Å². The van der Waals surface area contributed by atoms with E-state index in [2.05, 4.69) is 16.0 Å². The predicted octanol–water partition coefficient (Wildman–Crippen LogP) is 2.08. The van der Waals surface area contributed by atoms with Crippen LogP contribution in [-0.4, -0.2) is 43.6 Å². The van der Waals surface area contributed by atoms with Gasteiger partial charge in [-0.2, -0.15) is 0 Å². The number of alkyl carbamates (subject to hydrolysis) is 1. The zero-order valence-corrected chi connectivity index (χ0v) is 15.7. The van der Waals surface area contributed by atoms with E-state index in [0.29, 0.717) is 24.6 Å². The number of ether oxygens (including phenoxy) is 1.